The van der Waals surface area contributed by atoms with E-state index in [4.69, 9.17) is 11.6 Å². The van der Waals surface area contributed by atoms with Crippen molar-refractivity contribution in [1.82, 2.24) is 30.4 Å². The van der Waals surface area contributed by atoms with Crippen LogP contribution in [0.5, 0.6) is 0 Å². The zero-order valence-corrected chi connectivity index (χ0v) is 17.3. The Morgan fingerprint density at radius 1 is 0.968 bits per heavy atom. The summed E-state index contributed by atoms with van der Waals surface area (Å²) in [6.07, 6.45) is 1.41. The number of benzene rings is 2. The van der Waals surface area contributed by atoms with Crippen LogP contribution in [0.25, 0.3) is 16.5 Å². The number of aryl methyl sites for hydroxylation is 1. The molecule has 2 N–H and O–H groups in total. The van der Waals surface area contributed by atoms with Crippen LogP contribution in [-0.4, -0.2) is 31.4 Å². The molecule has 2 aromatic carbocycles. The highest BCUT2D eigenvalue weighted by Crippen LogP contribution is 2.17. The molecule has 31 heavy (non-hydrogen) atoms. The number of aromatic nitrogens is 4. The third-order valence-electron chi connectivity index (χ3n) is 4.79. The third-order valence-corrected chi connectivity index (χ3v) is 5.04. The van der Waals surface area contributed by atoms with E-state index < -0.39 is 11.8 Å². The van der Waals surface area contributed by atoms with Gasteiger partial charge in [-0.1, -0.05) is 29.8 Å². The highest BCUT2D eigenvalue weighted by atomic mass is 35.5. The topological polar surface area (TPSA) is 111 Å². The van der Waals surface area contributed by atoms with Crippen molar-refractivity contribution in [2.75, 3.05) is 0 Å². The van der Waals surface area contributed by atoms with Gasteiger partial charge in [0.25, 0.3) is 17.4 Å². The molecule has 9 nitrogen and oxygen atoms in total. The monoisotopic (exact) mass is 436 g/mol. The summed E-state index contributed by atoms with van der Waals surface area (Å²) in [4.78, 5) is 37.5. The summed E-state index contributed by atoms with van der Waals surface area (Å²) in [5.41, 5.74) is 6.03. The van der Waals surface area contributed by atoms with Crippen molar-refractivity contribution < 1.29 is 9.59 Å². The van der Waals surface area contributed by atoms with Crippen LogP contribution in [0.2, 0.25) is 5.02 Å². The Hall–Kier alpha value is -3.98. The van der Waals surface area contributed by atoms with E-state index >= 15 is 0 Å². The molecule has 0 bridgehead atoms. The molecule has 0 spiro atoms. The fourth-order valence-electron chi connectivity index (χ4n) is 3.18. The van der Waals surface area contributed by atoms with Crippen molar-refractivity contribution >= 4 is 34.2 Å². The average molecular weight is 437 g/mol. The summed E-state index contributed by atoms with van der Waals surface area (Å²) in [5.74, 6) is -1.19. The van der Waals surface area contributed by atoms with Crippen LogP contribution >= 0.6 is 11.6 Å². The molecule has 0 unspecified atom stereocenters. The normalized spacial score (nSPS) is 10.8. The first-order chi connectivity index (χ1) is 14.9. The van der Waals surface area contributed by atoms with Crippen molar-refractivity contribution in [3.63, 3.8) is 0 Å². The minimum atomic E-state index is -0.650. The maximum Gasteiger partial charge on any atom is 0.290 e. The van der Waals surface area contributed by atoms with Crippen LogP contribution in [0.15, 0.2) is 59.5 Å². The molecular weight excluding hydrogens is 420 g/mol. The number of hydrogen-bond donors (Lipinski definition) is 2. The first-order valence-electron chi connectivity index (χ1n) is 9.24. The number of rotatable bonds is 3. The van der Waals surface area contributed by atoms with Crippen molar-refractivity contribution in [3.05, 3.63) is 87.1 Å². The molecular formula is C21H17ClN6O3. The lowest BCUT2D eigenvalue weighted by Gasteiger charge is -2.10. The number of amides is 2. The summed E-state index contributed by atoms with van der Waals surface area (Å²) in [6.45, 7) is 1.74. The van der Waals surface area contributed by atoms with Crippen molar-refractivity contribution in [2.24, 2.45) is 7.05 Å². The number of hydrazine groups is 1. The molecule has 0 radical (unpaired) electrons. The third kappa shape index (κ3) is 3.78. The van der Waals surface area contributed by atoms with Gasteiger partial charge in [-0.15, -0.1) is 0 Å². The fourth-order valence-corrected chi connectivity index (χ4v) is 3.31. The van der Waals surface area contributed by atoms with Gasteiger partial charge >= 0.3 is 0 Å². The van der Waals surface area contributed by atoms with E-state index in [1.54, 1.807) is 60.1 Å². The zero-order valence-electron chi connectivity index (χ0n) is 16.6. The molecule has 0 saturated carbocycles. The fraction of sp³-hybridized carbons (Fsp3) is 0.0952. The molecule has 4 aromatic rings. The van der Waals surface area contributed by atoms with Crippen LogP contribution < -0.4 is 16.4 Å². The van der Waals surface area contributed by atoms with Crippen LogP contribution in [-0.2, 0) is 7.05 Å². The summed E-state index contributed by atoms with van der Waals surface area (Å²) < 4.78 is 2.68. The Kier molecular flexibility index (Phi) is 5.26. The molecule has 2 aromatic heterocycles. The molecule has 0 atom stereocenters. The quantitative estimate of drug-likeness (QED) is 0.478. The molecule has 10 heteroatoms. The Morgan fingerprint density at radius 3 is 2.32 bits per heavy atom. The Morgan fingerprint density at radius 2 is 1.61 bits per heavy atom. The number of nitrogens with zero attached hydrogens (tertiary/aromatic N) is 4. The van der Waals surface area contributed by atoms with Crippen LogP contribution in [0, 0.1) is 6.92 Å². The van der Waals surface area contributed by atoms with E-state index in [-0.39, 0.29) is 16.8 Å². The number of carbonyl (C=O) groups excluding carboxylic acids is 2. The van der Waals surface area contributed by atoms with Gasteiger partial charge in [0.05, 0.1) is 28.5 Å². The predicted molar refractivity (Wildman–Crippen MR) is 115 cm³/mol. The lowest BCUT2D eigenvalue weighted by atomic mass is 10.1. The van der Waals surface area contributed by atoms with Gasteiger partial charge in [-0.3, -0.25) is 25.2 Å². The molecule has 156 valence electrons. The van der Waals surface area contributed by atoms with E-state index in [1.165, 1.54) is 13.2 Å². The highest BCUT2D eigenvalue weighted by molar-refractivity contribution is 6.30. The summed E-state index contributed by atoms with van der Waals surface area (Å²) in [7, 11) is 1.46. The van der Waals surface area contributed by atoms with Crippen molar-refractivity contribution in [2.45, 2.75) is 6.92 Å². The summed E-state index contributed by atoms with van der Waals surface area (Å²) >= 11 is 5.91. The van der Waals surface area contributed by atoms with E-state index in [2.05, 4.69) is 21.0 Å². The van der Waals surface area contributed by atoms with Gasteiger partial charge in [0.1, 0.15) is 0 Å². The van der Waals surface area contributed by atoms with Gasteiger partial charge in [-0.25, -0.2) is 9.36 Å². The van der Waals surface area contributed by atoms with Gasteiger partial charge in [0.15, 0.2) is 5.69 Å². The number of carbonyl (C=O) groups is 2. The average Bonchev–Trinajstić information content (AvgIpc) is 3.16. The molecule has 4 rings (SSSR count). The van der Waals surface area contributed by atoms with Gasteiger partial charge in [0, 0.05) is 17.5 Å². The van der Waals surface area contributed by atoms with Crippen LogP contribution in [0.1, 0.15) is 26.5 Å². The molecule has 2 heterocycles. The molecule has 0 aliphatic heterocycles. The second-order valence-electron chi connectivity index (χ2n) is 6.76. The van der Waals surface area contributed by atoms with Crippen LogP contribution in [0.4, 0.5) is 0 Å². The highest BCUT2D eigenvalue weighted by Gasteiger charge is 2.19. The Labute approximate surface area is 181 Å². The Balaban J connectivity index is 1.54. The van der Waals surface area contributed by atoms with E-state index in [0.717, 1.165) is 10.4 Å². The number of nitrogens with one attached hydrogen (secondary N) is 2. The van der Waals surface area contributed by atoms with E-state index in [0.29, 0.717) is 21.5 Å². The lowest BCUT2D eigenvalue weighted by Crippen LogP contribution is -2.42. The second-order valence-corrected chi connectivity index (χ2v) is 7.20. The molecule has 0 fully saturated rings. The molecule has 0 aliphatic carbocycles. The first kappa shape index (κ1) is 20.3. The zero-order chi connectivity index (χ0) is 22.1. The molecule has 0 saturated heterocycles. The Bertz CT molecular complexity index is 1370. The number of halogens is 1. The smallest absolute Gasteiger partial charge is 0.267 e. The standard InChI is InChI=1S/C21H17ClN6O3/c1-12-17(11-23-28(12)14-9-7-13(22)8-10-14)19(29)24-25-20(30)18-15-5-3-4-6-16(15)21(31)27(2)26-18/h3-11H,1-2H3,(H,24,29)(H,25,30). The maximum atomic E-state index is 12.7. The molecule has 0 aliphatic rings. The van der Waals surface area contributed by atoms with Gasteiger partial charge in [0.2, 0.25) is 0 Å². The molecule has 2 amide bonds. The summed E-state index contributed by atoms with van der Waals surface area (Å²) in [6, 6.07) is 13.7. The number of fused-ring (bicyclic) bond motifs is 1. The van der Waals surface area contributed by atoms with Gasteiger partial charge in [-0.2, -0.15) is 10.2 Å². The van der Waals surface area contributed by atoms with Crippen LogP contribution in [0.3, 0.4) is 0 Å². The van der Waals surface area contributed by atoms with E-state index in [9.17, 15) is 14.4 Å². The minimum absolute atomic E-state index is 0.0200. The maximum absolute atomic E-state index is 12.7. The predicted octanol–water partition coefficient (Wildman–Crippen LogP) is 2.16. The largest absolute Gasteiger partial charge is 0.290 e. The van der Waals surface area contributed by atoms with E-state index in [1.807, 2.05) is 0 Å². The second kappa shape index (κ2) is 8.04. The van der Waals surface area contributed by atoms with Gasteiger partial charge in [-0.05, 0) is 37.3 Å². The number of hydrogen-bond acceptors (Lipinski definition) is 5. The lowest BCUT2D eigenvalue weighted by molar-refractivity contribution is 0.0843. The summed E-state index contributed by atoms with van der Waals surface area (Å²) in [5, 5.41) is 9.61. The van der Waals surface area contributed by atoms with Gasteiger partial charge < -0.3 is 0 Å². The first-order valence-corrected chi connectivity index (χ1v) is 9.62. The van der Waals surface area contributed by atoms with Crippen molar-refractivity contribution in [1.29, 1.82) is 0 Å². The van der Waals surface area contributed by atoms with Crippen molar-refractivity contribution in [3.8, 4) is 5.69 Å². The minimum Gasteiger partial charge on any atom is -0.267 e. The SMILES string of the molecule is Cc1c(C(=O)NNC(=O)c2nn(C)c(=O)c3ccccc23)cnn1-c1ccc(Cl)cc1.